The third-order valence-corrected chi connectivity index (χ3v) is 11.4. The average molecular weight is 1050 g/mol. The van der Waals surface area contributed by atoms with Crippen molar-refractivity contribution in [1.29, 1.82) is 0 Å². The van der Waals surface area contributed by atoms with E-state index >= 15 is 0 Å². The molecule has 0 aromatic rings. The molecule has 0 bridgehead atoms. The number of aliphatic hydroxyl groups is 1. The van der Waals surface area contributed by atoms with Crippen LogP contribution >= 0.6 is 7.82 Å². The first-order valence-electron chi connectivity index (χ1n) is 27.4. The quantitative estimate of drug-likeness (QED) is 0.0197. The first kappa shape index (κ1) is 69.1. The smallest absolute Gasteiger partial charge is 0.461 e. The second-order valence-corrected chi connectivity index (χ2v) is 18.7. The van der Waals surface area contributed by atoms with Gasteiger partial charge in [-0.25, -0.2) is 4.57 Å². The van der Waals surface area contributed by atoms with Gasteiger partial charge in [0.2, 0.25) is 0 Å². The summed E-state index contributed by atoms with van der Waals surface area (Å²) in [6, 6.07) is 0. The number of carbonyl (C=O) groups is 3. The van der Waals surface area contributed by atoms with Crippen molar-refractivity contribution in [2.75, 3.05) is 26.4 Å². The van der Waals surface area contributed by atoms with Gasteiger partial charge in [-0.05, 0) is 103 Å². The highest BCUT2D eigenvalue weighted by Crippen LogP contribution is 2.43. The molecule has 414 valence electrons. The summed E-state index contributed by atoms with van der Waals surface area (Å²) in [6.45, 7) is 4.03. The number of carbonyl (C=O) groups excluding carboxylic acids is 3. The number of hydrogen-bond donors (Lipinski definition) is 2. The lowest BCUT2D eigenvalue weighted by Gasteiger charge is -2.21. The first-order chi connectivity index (χ1) is 36.2. The van der Waals surface area contributed by atoms with Gasteiger partial charge in [0.05, 0.1) is 32.7 Å². The third kappa shape index (κ3) is 52.0. The maximum Gasteiger partial charge on any atom is 0.472 e. The Morgan fingerprint density at radius 1 is 0.392 bits per heavy atom. The van der Waals surface area contributed by atoms with Crippen LogP contribution in [0.4, 0.5) is 0 Å². The summed E-state index contributed by atoms with van der Waals surface area (Å²) in [6.07, 6.45) is 71.2. The van der Waals surface area contributed by atoms with E-state index in [2.05, 4.69) is 136 Å². The fourth-order valence-corrected chi connectivity index (χ4v) is 7.24. The van der Waals surface area contributed by atoms with Gasteiger partial charge in [0.15, 0.2) is 6.10 Å². The maximum absolute atomic E-state index is 12.9. The lowest BCUT2D eigenvalue weighted by molar-refractivity contribution is -0.161. The second-order valence-electron chi connectivity index (χ2n) is 17.3. The molecule has 0 aliphatic heterocycles. The third-order valence-electron chi connectivity index (χ3n) is 10.5. The summed E-state index contributed by atoms with van der Waals surface area (Å²) >= 11 is 0. The van der Waals surface area contributed by atoms with Gasteiger partial charge in [-0.3, -0.25) is 23.4 Å². The van der Waals surface area contributed by atoms with Crippen LogP contribution in [0.5, 0.6) is 0 Å². The van der Waals surface area contributed by atoms with E-state index < -0.39 is 64.4 Å². The van der Waals surface area contributed by atoms with Gasteiger partial charge >= 0.3 is 25.7 Å². The van der Waals surface area contributed by atoms with Crippen LogP contribution in [0, 0.1) is 0 Å². The molecule has 0 aromatic heterocycles. The first-order valence-corrected chi connectivity index (χ1v) is 28.9. The molecule has 12 heteroatoms. The van der Waals surface area contributed by atoms with E-state index in [0.29, 0.717) is 19.3 Å². The van der Waals surface area contributed by atoms with Gasteiger partial charge in [-0.2, -0.15) is 0 Å². The Bertz CT molecular complexity index is 1840. The van der Waals surface area contributed by atoms with E-state index in [1.54, 1.807) is 12.2 Å². The van der Waals surface area contributed by atoms with Crippen LogP contribution in [0.2, 0.25) is 0 Å². The Morgan fingerprint density at radius 2 is 0.716 bits per heavy atom. The van der Waals surface area contributed by atoms with Gasteiger partial charge in [0.25, 0.3) is 0 Å². The summed E-state index contributed by atoms with van der Waals surface area (Å²) in [5.41, 5.74) is 0. The molecule has 0 aromatic carbocycles. The van der Waals surface area contributed by atoms with Crippen LogP contribution in [0.1, 0.15) is 175 Å². The van der Waals surface area contributed by atoms with Crippen LogP contribution in [0.25, 0.3) is 0 Å². The molecule has 74 heavy (non-hydrogen) atoms. The minimum absolute atomic E-state index is 0.0231. The molecule has 0 fully saturated rings. The monoisotopic (exact) mass is 1050 g/mol. The predicted molar refractivity (Wildman–Crippen MR) is 306 cm³/mol. The SMILES string of the molecule is CC/C=C\C/C=C\C/C=C\C/C=C\C/C=C\CC(=O)OCC(COP(=O)(O)OCC(CO)OC(=O)C/C=C\C/C=C\C/C=C\C/C=C\C/C=C\CC)OC(=O)CCCCCCCCC/C=C\C/C=C\C/C=C\CC. The molecule has 0 spiro atoms. The van der Waals surface area contributed by atoms with E-state index in [0.717, 1.165) is 116 Å². The molecule has 0 saturated heterocycles. The molecule has 11 nitrogen and oxygen atoms in total. The lowest BCUT2D eigenvalue weighted by Crippen LogP contribution is -2.30. The summed E-state index contributed by atoms with van der Waals surface area (Å²) < 4.78 is 39.2. The van der Waals surface area contributed by atoms with E-state index in [4.69, 9.17) is 23.3 Å². The largest absolute Gasteiger partial charge is 0.472 e. The van der Waals surface area contributed by atoms with Crippen molar-refractivity contribution in [3.8, 4) is 0 Å². The molecule has 0 amide bonds. The zero-order valence-electron chi connectivity index (χ0n) is 45.5. The number of allylic oxidation sites excluding steroid dienone is 24. The van der Waals surface area contributed by atoms with Gasteiger partial charge in [0, 0.05) is 6.42 Å². The molecule has 0 rings (SSSR count). The number of aliphatic hydroxyl groups excluding tert-OH is 1. The highest BCUT2D eigenvalue weighted by Gasteiger charge is 2.28. The van der Waals surface area contributed by atoms with Gasteiger partial charge < -0.3 is 24.2 Å². The van der Waals surface area contributed by atoms with Crippen LogP contribution in [-0.4, -0.2) is 66.5 Å². The van der Waals surface area contributed by atoms with Gasteiger partial charge in [-0.15, -0.1) is 0 Å². The highest BCUT2D eigenvalue weighted by molar-refractivity contribution is 7.47. The van der Waals surface area contributed by atoms with Crippen LogP contribution < -0.4 is 0 Å². The van der Waals surface area contributed by atoms with Crippen LogP contribution in [0.15, 0.2) is 158 Å². The zero-order chi connectivity index (χ0) is 54.1. The van der Waals surface area contributed by atoms with E-state index in [9.17, 15) is 28.9 Å². The van der Waals surface area contributed by atoms with Crippen molar-refractivity contribution in [3.63, 3.8) is 0 Å². The Hall–Kier alpha value is -4.90. The number of rotatable bonds is 48. The second kappa shape index (κ2) is 54.4. The Morgan fingerprint density at radius 3 is 1.12 bits per heavy atom. The molecular formula is C62H95O11P. The van der Waals surface area contributed by atoms with Crippen molar-refractivity contribution in [2.24, 2.45) is 0 Å². The molecule has 0 aliphatic carbocycles. The highest BCUT2D eigenvalue weighted by atomic mass is 31.2. The van der Waals surface area contributed by atoms with Crippen molar-refractivity contribution >= 4 is 25.7 Å². The number of ether oxygens (including phenoxy) is 3. The molecule has 0 aliphatic rings. The number of phosphoric acid groups is 1. The van der Waals surface area contributed by atoms with Crippen molar-refractivity contribution < 1.29 is 52.2 Å². The van der Waals surface area contributed by atoms with Crippen molar-refractivity contribution in [1.82, 2.24) is 0 Å². The summed E-state index contributed by atoms with van der Waals surface area (Å²) in [5.74, 6) is -1.79. The Labute approximate surface area is 447 Å². The van der Waals surface area contributed by atoms with E-state index in [-0.39, 0.29) is 19.3 Å². The molecule has 0 radical (unpaired) electrons. The predicted octanol–water partition coefficient (Wildman–Crippen LogP) is 16.1. The summed E-state index contributed by atoms with van der Waals surface area (Å²) in [5, 5.41) is 9.78. The average Bonchev–Trinajstić information content (AvgIpc) is 3.39. The number of hydrogen-bond acceptors (Lipinski definition) is 10. The Balaban J connectivity index is 4.96. The maximum atomic E-state index is 12.9. The number of esters is 3. The normalized spacial score (nSPS) is 14.6. The fraction of sp³-hybridized carbons (Fsp3) is 0.532. The van der Waals surface area contributed by atoms with E-state index in [1.807, 2.05) is 30.4 Å². The fourth-order valence-electron chi connectivity index (χ4n) is 6.46. The van der Waals surface area contributed by atoms with Crippen molar-refractivity contribution in [2.45, 2.75) is 187 Å². The molecule has 3 atom stereocenters. The van der Waals surface area contributed by atoms with Gasteiger partial charge in [-0.1, -0.05) is 211 Å². The number of unbranched alkanes of at least 4 members (excludes halogenated alkanes) is 7. The molecule has 0 saturated carbocycles. The van der Waals surface area contributed by atoms with Gasteiger partial charge in [0.1, 0.15) is 12.7 Å². The minimum atomic E-state index is -4.80. The van der Waals surface area contributed by atoms with Crippen LogP contribution in [-0.2, 0) is 42.2 Å². The molecular weight excluding hydrogens is 952 g/mol. The standard InChI is InChI=1S/C62H95O11P/c1-4-7-10-13-16-19-22-25-28-29-32-35-38-41-44-47-50-53-62(66)73-59(55-69-60(64)51-48-45-42-39-36-33-30-26-23-20-17-14-11-8-5-2)57-71-74(67,68)70-56-58(54-63)72-61(65)52-49-46-43-40-37-34-31-27-24-21-18-15-12-9-6-3/h7-12,16-21,25-28,30-31,36-37,39-40,45-46,48-49,58-59,63H,4-6,13-15,22-24,29,32-35,38,41-44,47,50-57H2,1-3H3,(H,67,68)/b10-7-,11-8-,12-9-,19-16-,20-17-,21-18-,28-25-,30-26-,31-27-,39-36-,40-37-,48-45-,49-46-. The molecule has 0 heterocycles. The van der Waals surface area contributed by atoms with Crippen LogP contribution in [0.3, 0.4) is 0 Å². The lowest BCUT2D eigenvalue weighted by atomic mass is 10.1. The summed E-state index contributed by atoms with van der Waals surface area (Å²) in [7, 11) is -4.80. The zero-order valence-corrected chi connectivity index (χ0v) is 46.4. The van der Waals surface area contributed by atoms with Crippen molar-refractivity contribution in [3.05, 3.63) is 158 Å². The summed E-state index contributed by atoms with van der Waals surface area (Å²) in [4.78, 5) is 48.4. The molecule has 2 N–H and O–H groups in total. The number of phosphoric ester groups is 1. The topological polar surface area (TPSA) is 155 Å². The minimum Gasteiger partial charge on any atom is -0.461 e. The Kier molecular flexibility index (Phi) is 50.8. The molecule has 3 unspecified atom stereocenters. The van der Waals surface area contributed by atoms with E-state index in [1.165, 1.54) is 0 Å².